The summed E-state index contributed by atoms with van der Waals surface area (Å²) in [6.45, 7) is 9.47. The molecule has 2 rings (SSSR count). The van der Waals surface area contributed by atoms with Crippen molar-refractivity contribution in [3.05, 3.63) is 18.3 Å². The zero-order valence-electron chi connectivity index (χ0n) is 16.3. The Balaban J connectivity index is 2.67. The molecule has 0 saturated carbocycles. The van der Waals surface area contributed by atoms with Crippen molar-refractivity contribution >= 4 is 35.1 Å². The van der Waals surface area contributed by atoms with Gasteiger partial charge in [0.05, 0.1) is 5.39 Å². The van der Waals surface area contributed by atoms with Crippen LogP contribution in [0.15, 0.2) is 12.3 Å². The number of carbonyl (C=O) groups excluding carboxylic acids is 2. The summed E-state index contributed by atoms with van der Waals surface area (Å²) >= 11 is 0. The second-order valence-electron chi connectivity index (χ2n) is 7.82. The second kappa shape index (κ2) is 7.06. The van der Waals surface area contributed by atoms with Crippen LogP contribution in [-0.4, -0.2) is 49.1 Å². The number of carbonyl (C=O) groups is 3. The first-order valence-electron chi connectivity index (χ1n) is 8.23. The second-order valence-corrected chi connectivity index (χ2v) is 7.82. The van der Waals surface area contributed by atoms with Crippen molar-refractivity contribution in [3.8, 4) is 0 Å². The van der Waals surface area contributed by atoms with E-state index in [0.717, 1.165) is 6.20 Å². The molecule has 0 spiro atoms. The molecule has 0 aromatic carbocycles. The number of halogens is 1. The van der Waals surface area contributed by atoms with Gasteiger partial charge in [-0.2, -0.15) is 19.3 Å². The predicted octanol–water partition coefficient (Wildman–Crippen LogP) is 3.77. The van der Waals surface area contributed by atoms with Gasteiger partial charge in [0.1, 0.15) is 11.2 Å². The fraction of sp³-hybridized carbons (Fsp3) is 0.471. The van der Waals surface area contributed by atoms with Crippen LogP contribution in [0, 0.1) is 6.08 Å². The van der Waals surface area contributed by atoms with Crippen molar-refractivity contribution < 1.29 is 33.4 Å². The van der Waals surface area contributed by atoms with E-state index in [-0.39, 0.29) is 11.0 Å². The number of nitrogens with zero attached hydrogens (tertiary/aromatic N) is 4. The molecule has 0 aliphatic rings. The average Bonchev–Trinajstić information content (AvgIpc) is 2.86. The minimum Gasteiger partial charge on any atom is -0.464 e. The maximum atomic E-state index is 14.0. The van der Waals surface area contributed by atoms with Gasteiger partial charge >= 0.3 is 24.4 Å². The van der Waals surface area contributed by atoms with E-state index in [0.29, 0.717) is 9.47 Å². The highest BCUT2D eigenvalue weighted by molar-refractivity contribution is 6.13. The lowest BCUT2D eigenvalue weighted by Crippen LogP contribution is -2.44. The maximum absolute atomic E-state index is 14.0. The first-order chi connectivity index (χ1) is 12.7. The van der Waals surface area contributed by atoms with Crippen molar-refractivity contribution in [2.45, 2.75) is 52.7 Å². The number of imide groups is 1. The number of amides is 2. The van der Waals surface area contributed by atoms with E-state index in [1.165, 1.54) is 6.07 Å². The number of rotatable bonds is 1. The molecule has 2 aromatic heterocycles. The number of ether oxygens (including phenoxy) is 2. The summed E-state index contributed by atoms with van der Waals surface area (Å²) < 4.78 is 25.1. The van der Waals surface area contributed by atoms with Gasteiger partial charge < -0.3 is 14.6 Å². The minimum atomic E-state index is -1.43. The van der Waals surface area contributed by atoms with Crippen LogP contribution in [0.5, 0.6) is 0 Å². The molecule has 2 amide bonds. The van der Waals surface area contributed by atoms with Gasteiger partial charge in [-0.1, -0.05) is 0 Å². The quantitative estimate of drug-likeness (QED) is 0.722. The summed E-state index contributed by atoms with van der Waals surface area (Å²) in [6, 6.07) is 1.24. The molecule has 0 atom stereocenters. The van der Waals surface area contributed by atoms with E-state index >= 15 is 0 Å². The number of hydrogen-bond donors (Lipinski definition) is 1. The summed E-state index contributed by atoms with van der Waals surface area (Å²) in [6.07, 6.45) is -4.00. The van der Waals surface area contributed by atoms with Gasteiger partial charge in [-0.05, 0) is 47.6 Å². The summed E-state index contributed by atoms with van der Waals surface area (Å²) in [5, 5.41) is 9.14. The monoisotopic (exact) mass is 396 g/mol. The molecule has 10 nitrogen and oxygen atoms in total. The standard InChI is InChI=1S/C17H21FN4O6/c1-16(2,3)27-14(25)22(15(26)28-17(4,5)6)11-9-7-8-21(13(23)24)10(9)19-12(18)20-11/h7-8H,1-6H3,(H,23,24). The van der Waals surface area contributed by atoms with Crippen LogP contribution >= 0.6 is 0 Å². The molecule has 0 aliphatic carbocycles. The molecule has 0 aliphatic heterocycles. The molecule has 0 fully saturated rings. The number of carboxylic acid groups (broad SMARTS) is 1. The summed E-state index contributed by atoms with van der Waals surface area (Å²) in [5.41, 5.74) is -2.29. The Morgan fingerprint density at radius 3 is 1.96 bits per heavy atom. The van der Waals surface area contributed by atoms with Gasteiger partial charge in [0.25, 0.3) is 0 Å². The molecule has 0 saturated heterocycles. The normalized spacial score (nSPS) is 12.0. The van der Waals surface area contributed by atoms with Crippen LogP contribution < -0.4 is 4.90 Å². The molecular formula is C17H21FN4O6. The van der Waals surface area contributed by atoms with Gasteiger partial charge in [0.2, 0.25) is 0 Å². The Morgan fingerprint density at radius 2 is 1.54 bits per heavy atom. The van der Waals surface area contributed by atoms with E-state index in [9.17, 15) is 23.9 Å². The predicted molar refractivity (Wildman–Crippen MR) is 95.9 cm³/mol. The lowest BCUT2D eigenvalue weighted by molar-refractivity contribution is 0.0429. The van der Waals surface area contributed by atoms with Crippen molar-refractivity contribution in [1.82, 2.24) is 14.5 Å². The summed E-state index contributed by atoms with van der Waals surface area (Å²) in [7, 11) is 0. The van der Waals surface area contributed by atoms with Crippen molar-refractivity contribution in [2.24, 2.45) is 0 Å². The third kappa shape index (κ3) is 4.72. The van der Waals surface area contributed by atoms with Crippen LogP contribution in [-0.2, 0) is 9.47 Å². The van der Waals surface area contributed by atoms with Crippen molar-refractivity contribution in [3.63, 3.8) is 0 Å². The summed E-state index contributed by atoms with van der Waals surface area (Å²) in [4.78, 5) is 44.0. The Morgan fingerprint density at radius 1 is 1.04 bits per heavy atom. The molecule has 11 heteroatoms. The molecule has 0 bridgehead atoms. The zero-order chi connectivity index (χ0) is 21.4. The molecule has 0 radical (unpaired) electrons. The average molecular weight is 396 g/mol. The highest BCUT2D eigenvalue weighted by atomic mass is 19.1. The van der Waals surface area contributed by atoms with Crippen LogP contribution in [0.3, 0.4) is 0 Å². The van der Waals surface area contributed by atoms with E-state index in [1.54, 1.807) is 41.5 Å². The van der Waals surface area contributed by atoms with E-state index in [1.807, 2.05) is 0 Å². The van der Waals surface area contributed by atoms with E-state index in [4.69, 9.17) is 9.47 Å². The van der Waals surface area contributed by atoms with Gasteiger partial charge in [-0.15, -0.1) is 0 Å². The third-order valence-electron chi connectivity index (χ3n) is 3.07. The van der Waals surface area contributed by atoms with Crippen LogP contribution in [0.4, 0.5) is 24.6 Å². The molecular weight excluding hydrogens is 375 g/mol. The molecule has 1 N–H and O–H groups in total. The van der Waals surface area contributed by atoms with Gasteiger partial charge in [0.15, 0.2) is 11.5 Å². The zero-order valence-corrected chi connectivity index (χ0v) is 16.3. The number of aromatic nitrogens is 3. The van der Waals surface area contributed by atoms with Crippen LogP contribution in [0.2, 0.25) is 0 Å². The molecule has 0 unspecified atom stereocenters. The van der Waals surface area contributed by atoms with E-state index < -0.39 is 41.4 Å². The topological polar surface area (TPSA) is 124 Å². The molecule has 2 aromatic rings. The number of fused-ring (bicyclic) bond motifs is 1. The first-order valence-corrected chi connectivity index (χ1v) is 8.23. The van der Waals surface area contributed by atoms with E-state index in [2.05, 4.69) is 9.97 Å². The maximum Gasteiger partial charge on any atom is 0.425 e. The van der Waals surface area contributed by atoms with Gasteiger partial charge in [-0.25, -0.2) is 19.0 Å². The Bertz CT molecular complexity index is 913. The van der Waals surface area contributed by atoms with Crippen LogP contribution in [0.1, 0.15) is 41.5 Å². The largest absolute Gasteiger partial charge is 0.464 e. The van der Waals surface area contributed by atoms with Crippen LogP contribution in [0.25, 0.3) is 11.0 Å². The van der Waals surface area contributed by atoms with Gasteiger partial charge in [0, 0.05) is 6.20 Å². The lowest BCUT2D eigenvalue weighted by Gasteiger charge is -2.28. The molecule has 2 heterocycles. The first kappa shape index (κ1) is 21.1. The molecule has 152 valence electrons. The fourth-order valence-electron chi connectivity index (χ4n) is 2.16. The SMILES string of the molecule is CC(C)(C)OC(=O)N(C(=O)OC(C)(C)C)c1nc(F)nc2c1ccn2C(=O)O. The van der Waals surface area contributed by atoms with Crippen molar-refractivity contribution in [2.75, 3.05) is 4.90 Å². The smallest absolute Gasteiger partial charge is 0.425 e. The lowest BCUT2D eigenvalue weighted by atomic mass is 10.2. The third-order valence-corrected chi connectivity index (χ3v) is 3.07. The summed E-state index contributed by atoms with van der Waals surface area (Å²) in [5.74, 6) is -0.494. The number of hydrogen-bond acceptors (Lipinski definition) is 7. The highest BCUT2D eigenvalue weighted by Gasteiger charge is 2.35. The fourth-order valence-corrected chi connectivity index (χ4v) is 2.16. The Hall–Kier alpha value is -3.24. The Kier molecular flexibility index (Phi) is 5.31. The van der Waals surface area contributed by atoms with Gasteiger partial charge in [-0.3, -0.25) is 0 Å². The minimum absolute atomic E-state index is 0.0551. The highest BCUT2D eigenvalue weighted by Crippen LogP contribution is 2.28. The molecule has 28 heavy (non-hydrogen) atoms. The van der Waals surface area contributed by atoms with Crippen molar-refractivity contribution in [1.29, 1.82) is 0 Å². The Labute approximate surface area is 159 Å². The number of anilines is 1.